The molecule has 0 aliphatic carbocycles. The van der Waals surface area contributed by atoms with Crippen LogP contribution in [0.5, 0.6) is 11.5 Å². The molecule has 0 radical (unpaired) electrons. The summed E-state index contributed by atoms with van der Waals surface area (Å²) in [5.74, 6) is -0.189. The standard InChI is InChI=1S/C22H20ClN3O5S/c1-3-30-20(27)11-17-13-32-22(25-17)26-24-12-14-4-9-18(19(10-14)29-2)31-21(28)15-5-7-16(23)8-6-15/h4-10,12-13H,3,11H2,1-2H3,(H,25,26). The Morgan fingerprint density at radius 2 is 1.97 bits per heavy atom. The zero-order valence-electron chi connectivity index (χ0n) is 17.3. The van der Waals surface area contributed by atoms with Crippen LogP contribution in [0.1, 0.15) is 28.5 Å². The Morgan fingerprint density at radius 3 is 2.69 bits per heavy atom. The lowest BCUT2D eigenvalue weighted by Gasteiger charge is -2.10. The molecule has 0 aliphatic rings. The number of hydrazone groups is 1. The maximum Gasteiger partial charge on any atom is 0.343 e. The van der Waals surface area contributed by atoms with Crippen molar-refractivity contribution < 1.29 is 23.8 Å². The molecule has 3 aromatic rings. The molecule has 1 N–H and O–H groups in total. The van der Waals surface area contributed by atoms with Crippen molar-refractivity contribution in [2.24, 2.45) is 5.10 Å². The van der Waals surface area contributed by atoms with Gasteiger partial charge in [-0.1, -0.05) is 11.6 Å². The van der Waals surface area contributed by atoms with Crippen molar-refractivity contribution in [2.75, 3.05) is 19.1 Å². The summed E-state index contributed by atoms with van der Waals surface area (Å²) in [7, 11) is 1.48. The molecule has 8 nitrogen and oxygen atoms in total. The number of esters is 2. The number of anilines is 1. The first-order chi connectivity index (χ1) is 15.5. The van der Waals surface area contributed by atoms with Crippen molar-refractivity contribution in [1.29, 1.82) is 0 Å². The number of rotatable bonds is 9. The van der Waals surface area contributed by atoms with Crippen molar-refractivity contribution in [2.45, 2.75) is 13.3 Å². The average molecular weight is 474 g/mol. The smallest absolute Gasteiger partial charge is 0.343 e. The van der Waals surface area contributed by atoms with E-state index in [2.05, 4.69) is 15.5 Å². The molecular weight excluding hydrogens is 454 g/mol. The second-order valence-corrected chi connectivity index (χ2v) is 7.60. The van der Waals surface area contributed by atoms with Crippen LogP contribution >= 0.6 is 22.9 Å². The third-order valence-electron chi connectivity index (χ3n) is 4.03. The SMILES string of the molecule is CCOC(=O)Cc1csc(NN=Cc2ccc(OC(=O)c3ccc(Cl)cc3)c(OC)c2)n1. The van der Waals surface area contributed by atoms with E-state index in [1.807, 2.05) is 0 Å². The maximum atomic E-state index is 12.3. The Balaban J connectivity index is 1.61. The highest BCUT2D eigenvalue weighted by atomic mass is 35.5. The zero-order valence-corrected chi connectivity index (χ0v) is 18.9. The molecule has 10 heteroatoms. The molecule has 0 atom stereocenters. The summed E-state index contributed by atoms with van der Waals surface area (Å²) in [6.07, 6.45) is 1.68. The van der Waals surface area contributed by atoms with Crippen molar-refractivity contribution in [1.82, 2.24) is 4.98 Å². The van der Waals surface area contributed by atoms with Gasteiger partial charge in [0.15, 0.2) is 11.5 Å². The summed E-state index contributed by atoms with van der Waals surface area (Å²) in [6.45, 7) is 2.09. The van der Waals surface area contributed by atoms with Gasteiger partial charge in [0.25, 0.3) is 0 Å². The summed E-state index contributed by atoms with van der Waals surface area (Å²) < 4.78 is 15.7. The molecule has 0 unspecified atom stereocenters. The molecule has 0 spiro atoms. The van der Waals surface area contributed by atoms with Crippen LogP contribution < -0.4 is 14.9 Å². The molecule has 32 heavy (non-hydrogen) atoms. The second kappa shape index (κ2) is 11.3. The van der Waals surface area contributed by atoms with E-state index in [1.54, 1.807) is 61.0 Å². The van der Waals surface area contributed by atoms with Gasteiger partial charge in [-0.15, -0.1) is 11.3 Å². The van der Waals surface area contributed by atoms with E-state index >= 15 is 0 Å². The topological polar surface area (TPSA) is 99.1 Å². The molecule has 166 valence electrons. The number of nitrogens with one attached hydrogen (secondary N) is 1. The van der Waals surface area contributed by atoms with Gasteiger partial charge in [-0.3, -0.25) is 10.2 Å². The minimum absolute atomic E-state index is 0.114. The Bertz CT molecular complexity index is 1120. The highest BCUT2D eigenvalue weighted by Crippen LogP contribution is 2.28. The van der Waals surface area contributed by atoms with Gasteiger partial charge in [-0.25, -0.2) is 9.78 Å². The third-order valence-corrected chi connectivity index (χ3v) is 5.07. The summed E-state index contributed by atoms with van der Waals surface area (Å²) in [5, 5.41) is 6.98. The van der Waals surface area contributed by atoms with Crippen molar-refractivity contribution in [3.05, 3.63) is 69.7 Å². The van der Waals surface area contributed by atoms with Gasteiger partial charge in [-0.05, 0) is 55.0 Å². The summed E-state index contributed by atoms with van der Waals surface area (Å²) in [4.78, 5) is 28.1. The number of methoxy groups -OCH3 is 1. The van der Waals surface area contributed by atoms with E-state index in [9.17, 15) is 9.59 Å². The summed E-state index contributed by atoms with van der Waals surface area (Å²) in [5.41, 5.74) is 4.51. The molecule has 0 fully saturated rings. The molecule has 0 saturated carbocycles. The van der Waals surface area contributed by atoms with Gasteiger partial charge in [-0.2, -0.15) is 5.10 Å². The Morgan fingerprint density at radius 1 is 1.19 bits per heavy atom. The normalized spacial score (nSPS) is 10.7. The van der Waals surface area contributed by atoms with Gasteiger partial charge < -0.3 is 14.2 Å². The van der Waals surface area contributed by atoms with Crippen LogP contribution in [0.15, 0.2) is 52.9 Å². The number of benzene rings is 2. The number of hydrogen-bond donors (Lipinski definition) is 1. The summed E-state index contributed by atoms with van der Waals surface area (Å²) in [6, 6.07) is 11.4. The van der Waals surface area contributed by atoms with E-state index in [0.717, 1.165) is 0 Å². The fraction of sp³-hybridized carbons (Fsp3) is 0.182. The predicted octanol–water partition coefficient (Wildman–Crippen LogP) is 4.58. The van der Waals surface area contributed by atoms with E-state index in [4.69, 9.17) is 25.8 Å². The van der Waals surface area contributed by atoms with Crippen molar-refractivity contribution in [3.63, 3.8) is 0 Å². The second-order valence-electron chi connectivity index (χ2n) is 6.30. The maximum absolute atomic E-state index is 12.3. The van der Waals surface area contributed by atoms with Crippen LogP contribution in [0.4, 0.5) is 5.13 Å². The number of thiazole rings is 1. The molecule has 0 amide bonds. The average Bonchev–Trinajstić information content (AvgIpc) is 3.22. The van der Waals surface area contributed by atoms with Gasteiger partial charge in [0.1, 0.15) is 0 Å². The van der Waals surface area contributed by atoms with Gasteiger partial charge in [0.05, 0.1) is 37.6 Å². The molecule has 2 aromatic carbocycles. The van der Waals surface area contributed by atoms with E-state index in [0.29, 0.717) is 39.3 Å². The number of nitrogens with zero attached hydrogens (tertiary/aromatic N) is 2. The lowest BCUT2D eigenvalue weighted by Crippen LogP contribution is -2.09. The Hall–Kier alpha value is -3.43. The molecule has 0 aliphatic heterocycles. The van der Waals surface area contributed by atoms with Crippen LogP contribution in [0.3, 0.4) is 0 Å². The van der Waals surface area contributed by atoms with Crippen LogP contribution in [0, 0.1) is 0 Å². The fourth-order valence-corrected chi connectivity index (χ4v) is 3.34. The monoisotopic (exact) mass is 473 g/mol. The Kier molecular flexibility index (Phi) is 8.18. The summed E-state index contributed by atoms with van der Waals surface area (Å²) >= 11 is 7.17. The van der Waals surface area contributed by atoms with Gasteiger partial charge in [0.2, 0.25) is 5.13 Å². The van der Waals surface area contributed by atoms with E-state index < -0.39 is 5.97 Å². The number of hydrogen-bond acceptors (Lipinski definition) is 9. The van der Waals surface area contributed by atoms with Crippen molar-refractivity contribution in [3.8, 4) is 11.5 Å². The Labute approximate surface area is 193 Å². The predicted molar refractivity (Wildman–Crippen MR) is 123 cm³/mol. The highest BCUT2D eigenvalue weighted by Gasteiger charge is 2.13. The number of ether oxygens (including phenoxy) is 3. The molecule has 0 saturated heterocycles. The number of carbonyl (C=O) groups is 2. The quantitative estimate of drug-likeness (QED) is 0.210. The largest absolute Gasteiger partial charge is 0.493 e. The highest BCUT2D eigenvalue weighted by molar-refractivity contribution is 7.13. The lowest BCUT2D eigenvalue weighted by molar-refractivity contribution is -0.142. The first-order valence-electron chi connectivity index (χ1n) is 9.53. The molecule has 1 aromatic heterocycles. The molecule has 3 rings (SSSR count). The fourth-order valence-electron chi connectivity index (χ4n) is 2.56. The molecule has 1 heterocycles. The van der Waals surface area contributed by atoms with E-state index in [1.165, 1.54) is 18.4 Å². The van der Waals surface area contributed by atoms with Crippen LogP contribution in [-0.2, 0) is 16.0 Å². The molecule has 0 bridgehead atoms. The minimum Gasteiger partial charge on any atom is -0.493 e. The minimum atomic E-state index is -0.523. The van der Waals surface area contributed by atoms with Crippen molar-refractivity contribution >= 4 is 46.2 Å². The number of carbonyl (C=O) groups excluding carboxylic acids is 2. The molecular formula is C22H20ClN3O5S. The zero-order chi connectivity index (χ0) is 22.9. The van der Waals surface area contributed by atoms with Crippen LogP contribution in [-0.4, -0.2) is 36.9 Å². The number of halogens is 1. The first-order valence-corrected chi connectivity index (χ1v) is 10.8. The lowest BCUT2D eigenvalue weighted by atomic mass is 10.2. The van der Waals surface area contributed by atoms with Gasteiger partial charge >= 0.3 is 11.9 Å². The van der Waals surface area contributed by atoms with E-state index in [-0.39, 0.29) is 18.1 Å². The van der Waals surface area contributed by atoms with Crippen LogP contribution in [0.2, 0.25) is 5.02 Å². The number of aromatic nitrogens is 1. The van der Waals surface area contributed by atoms with Crippen LogP contribution in [0.25, 0.3) is 0 Å². The first kappa shape index (κ1) is 23.2. The third kappa shape index (κ3) is 6.53. The van der Waals surface area contributed by atoms with Gasteiger partial charge in [0, 0.05) is 10.4 Å².